The minimum Gasteiger partial charge on any atom is -0.462 e. The van der Waals surface area contributed by atoms with Crippen LogP contribution in [0.25, 0.3) is 11.1 Å². The van der Waals surface area contributed by atoms with E-state index >= 15 is 0 Å². The zero-order chi connectivity index (χ0) is 21.0. The second-order valence-electron chi connectivity index (χ2n) is 6.75. The van der Waals surface area contributed by atoms with Crippen LogP contribution in [0.3, 0.4) is 0 Å². The predicted molar refractivity (Wildman–Crippen MR) is 119 cm³/mol. The van der Waals surface area contributed by atoms with Crippen molar-refractivity contribution in [2.45, 2.75) is 27.2 Å². The van der Waals surface area contributed by atoms with Gasteiger partial charge in [-0.05, 0) is 61.2 Å². The van der Waals surface area contributed by atoms with Crippen LogP contribution in [0.5, 0.6) is 0 Å². The van der Waals surface area contributed by atoms with E-state index in [-0.39, 0.29) is 5.91 Å². The summed E-state index contributed by atoms with van der Waals surface area (Å²) in [6.45, 7) is 6.34. The zero-order valence-corrected chi connectivity index (χ0v) is 18.1. The summed E-state index contributed by atoms with van der Waals surface area (Å²) < 4.78 is 5.39. The van der Waals surface area contributed by atoms with Crippen LogP contribution >= 0.6 is 22.9 Å². The first-order valence-corrected chi connectivity index (χ1v) is 10.6. The number of hydrogen-bond donors (Lipinski definition) is 1. The van der Waals surface area contributed by atoms with Gasteiger partial charge in [-0.15, -0.1) is 11.3 Å². The Morgan fingerprint density at radius 3 is 2.45 bits per heavy atom. The van der Waals surface area contributed by atoms with Gasteiger partial charge in [0, 0.05) is 21.5 Å². The van der Waals surface area contributed by atoms with Crippen LogP contribution in [-0.4, -0.2) is 18.5 Å². The Labute approximate surface area is 179 Å². The quantitative estimate of drug-likeness (QED) is 0.456. The van der Waals surface area contributed by atoms with Gasteiger partial charge in [-0.1, -0.05) is 36.7 Å². The first kappa shape index (κ1) is 21.1. The van der Waals surface area contributed by atoms with Crippen LogP contribution in [0, 0.1) is 13.8 Å². The molecule has 1 heterocycles. The van der Waals surface area contributed by atoms with Gasteiger partial charge in [-0.25, -0.2) is 4.79 Å². The van der Waals surface area contributed by atoms with E-state index in [9.17, 15) is 9.59 Å². The van der Waals surface area contributed by atoms with Crippen molar-refractivity contribution in [1.82, 2.24) is 0 Å². The van der Waals surface area contributed by atoms with E-state index in [2.05, 4.69) is 5.32 Å². The Bertz CT molecular complexity index is 1040. The predicted octanol–water partition coefficient (Wildman–Crippen LogP) is 6.50. The Hall–Kier alpha value is -2.63. The average molecular weight is 428 g/mol. The Kier molecular flexibility index (Phi) is 6.72. The van der Waals surface area contributed by atoms with E-state index in [1.165, 1.54) is 16.9 Å². The van der Waals surface area contributed by atoms with E-state index in [1.807, 2.05) is 44.4 Å². The topological polar surface area (TPSA) is 55.4 Å². The minimum absolute atomic E-state index is 0.306. The monoisotopic (exact) mass is 427 g/mol. The molecule has 3 aromatic rings. The van der Waals surface area contributed by atoms with Gasteiger partial charge in [-0.3, -0.25) is 4.79 Å². The number of amides is 1. The third-order valence-corrected chi connectivity index (χ3v) is 5.73. The van der Waals surface area contributed by atoms with E-state index in [0.29, 0.717) is 27.8 Å². The van der Waals surface area contributed by atoms with Crippen LogP contribution in [0.1, 0.15) is 45.2 Å². The lowest BCUT2D eigenvalue weighted by Gasteiger charge is -2.10. The highest BCUT2D eigenvalue weighted by atomic mass is 35.5. The molecule has 0 bridgehead atoms. The molecule has 0 unspecified atom stereocenters. The maximum atomic E-state index is 12.8. The lowest BCUT2D eigenvalue weighted by Crippen LogP contribution is -2.15. The molecule has 1 aromatic heterocycles. The van der Waals surface area contributed by atoms with Crippen molar-refractivity contribution in [3.63, 3.8) is 0 Å². The Morgan fingerprint density at radius 2 is 1.79 bits per heavy atom. The SMILES string of the molecule is CCCOC(=O)c1c(-c2ccc(C)c(C)c2)csc1NC(=O)c1ccc(Cl)cc1. The van der Waals surface area contributed by atoms with Gasteiger partial charge in [0.1, 0.15) is 10.6 Å². The molecule has 29 heavy (non-hydrogen) atoms. The van der Waals surface area contributed by atoms with Crippen LogP contribution < -0.4 is 5.32 Å². The standard InChI is InChI=1S/C23H22ClNO3S/c1-4-11-28-23(27)20-19(17-6-5-14(2)15(3)12-17)13-29-22(20)25-21(26)16-7-9-18(24)10-8-16/h5-10,12-13H,4,11H2,1-3H3,(H,25,26). The number of ether oxygens (including phenoxy) is 1. The molecule has 0 radical (unpaired) electrons. The fourth-order valence-corrected chi connectivity index (χ4v) is 3.90. The van der Waals surface area contributed by atoms with Gasteiger partial charge in [-0.2, -0.15) is 0 Å². The number of halogens is 1. The molecule has 3 rings (SSSR count). The summed E-state index contributed by atoms with van der Waals surface area (Å²) in [6.07, 6.45) is 0.724. The van der Waals surface area contributed by atoms with Gasteiger partial charge in [0.25, 0.3) is 5.91 Å². The Balaban J connectivity index is 1.99. The highest BCUT2D eigenvalue weighted by molar-refractivity contribution is 7.15. The number of carbonyl (C=O) groups excluding carboxylic acids is 2. The number of hydrogen-bond acceptors (Lipinski definition) is 4. The van der Waals surface area contributed by atoms with Crippen molar-refractivity contribution < 1.29 is 14.3 Å². The number of thiophene rings is 1. The molecular weight excluding hydrogens is 406 g/mol. The molecule has 0 saturated heterocycles. The number of anilines is 1. The molecule has 0 atom stereocenters. The lowest BCUT2D eigenvalue weighted by molar-refractivity contribution is 0.0508. The molecule has 2 aromatic carbocycles. The molecule has 1 amide bonds. The van der Waals surface area contributed by atoms with E-state index < -0.39 is 5.97 Å². The first-order valence-electron chi connectivity index (χ1n) is 9.34. The molecule has 0 aliphatic heterocycles. The highest BCUT2D eigenvalue weighted by Crippen LogP contribution is 2.37. The maximum absolute atomic E-state index is 12.8. The number of aryl methyl sites for hydroxylation is 2. The van der Waals surface area contributed by atoms with Gasteiger partial charge in [0.2, 0.25) is 0 Å². The van der Waals surface area contributed by atoms with Crippen molar-refractivity contribution in [2.75, 3.05) is 11.9 Å². The summed E-state index contributed by atoms with van der Waals surface area (Å²) >= 11 is 7.21. The number of esters is 1. The summed E-state index contributed by atoms with van der Waals surface area (Å²) in [5.41, 5.74) is 4.83. The fourth-order valence-electron chi connectivity index (χ4n) is 2.82. The first-order chi connectivity index (χ1) is 13.9. The number of rotatable bonds is 6. The van der Waals surface area contributed by atoms with E-state index in [1.54, 1.807) is 24.3 Å². The van der Waals surface area contributed by atoms with Crippen LogP contribution in [0.2, 0.25) is 5.02 Å². The second kappa shape index (κ2) is 9.25. The third-order valence-electron chi connectivity index (χ3n) is 4.58. The molecule has 0 aliphatic carbocycles. The Morgan fingerprint density at radius 1 is 1.07 bits per heavy atom. The second-order valence-corrected chi connectivity index (χ2v) is 8.07. The summed E-state index contributed by atoms with van der Waals surface area (Å²) in [5.74, 6) is -0.743. The van der Waals surface area contributed by atoms with Crippen molar-refractivity contribution in [3.8, 4) is 11.1 Å². The normalized spacial score (nSPS) is 10.6. The third kappa shape index (κ3) is 4.86. The van der Waals surface area contributed by atoms with Crippen molar-refractivity contribution >= 4 is 39.8 Å². The molecule has 1 N–H and O–H groups in total. The van der Waals surface area contributed by atoms with Gasteiger partial charge in [0.05, 0.1) is 6.61 Å². The van der Waals surface area contributed by atoms with Crippen molar-refractivity contribution in [2.24, 2.45) is 0 Å². The summed E-state index contributed by atoms with van der Waals surface area (Å²) in [7, 11) is 0. The van der Waals surface area contributed by atoms with Gasteiger partial charge in [0.15, 0.2) is 0 Å². The molecule has 0 saturated carbocycles. The molecule has 0 fully saturated rings. The molecule has 4 nitrogen and oxygen atoms in total. The number of carbonyl (C=O) groups is 2. The summed E-state index contributed by atoms with van der Waals surface area (Å²) in [5, 5.41) is 5.76. The molecule has 6 heteroatoms. The zero-order valence-electron chi connectivity index (χ0n) is 16.5. The lowest BCUT2D eigenvalue weighted by atomic mass is 9.99. The van der Waals surface area contributed by atoms with Crippen molar-refractivity contribution in [1.29, 1.82) is 0 Å². The molecule has 0 spiro atoms. The van der Waals surface area contributed by atoms with E-state index in [0.717, 1.165) is 23.1 Å². The van der Waals surface area contributed by atoms with Crippen molar-refractivity contribution in [3.05, 3.63) is 75.1 Å². The molecule has 0 aliphatic rings. The van der Waals surface area contributed by atoms with Crippen LogP contribution in [0.4, 0.5) is 5.00 Å². The van der Waals surface area contributed by atoms with Gasteiger partial charge >= 0.3 is 5.97 Å². The molecular formula is C23H22ClNO3S. The van der Waals surface area contributed by atoms with Crippen LogP contribution in [-0.2, 0) is 4.74 Å². The average Bonchev–Trinajstić information content (AvgIpc) is 3.12. The van der Waals surface area contributed by atoms with Crippen LogP contribution in [0.15, 0.2) is 47.8 Å². The number of nitrogens with one attached hydrogen (secondary N) is 1. The minimum atomic E-state index is -0.437. The number of benzene rings is 2. The largest absolute Gasteiger partial charge is 0.462 e. The summed E-state index contributed by atoms with van der Waals surface area (Å²) in [6, 6.07) is 12.6. The summed E-state index contributed by atoms with van der Waals surface area (Å²) in [4.78, 5) is 25.5. The highest BCUT2D eigenvalue weighted by Gasteiger charge is 2.23. The maximum Gasteiger partial charge on any atom is 0.341 e. The molecule has 150 valence electrons. The smallest absolute Gasteiger partial charge is 0.341 e. The van der Waals surface area contributed by atoms with Gasteiger partial charge < -0.3 is 10.1 Å². The van der Waals surface area contributed by atoms with E-state index in [4.69, 9.17) is 16.3 Å². The fraction of sp³-hybridized carbons (Fsp3) is 0.217.